The van der Waals surface area contributed by atoms with Crippen molar-refractivity contribution in [2.75, 3.05) is 13.1 Å². The summed E-state index contributed by atoms with van der Waals surface area (Å²) in [6.45, 7) is 3.94. The molecule has 1 amide bonds. The van der Waals surface area contributed by atoms with Crippen molar-refractivity contribution in [2.24, 2.45) is 0 Å². The molecule has 0 unspecified atom stereocenters. The van der Waals surface area contributed by atoms with Gasteiger partial charge in [-0.1, -0.05) is 60.0 Å². The fourth-order valence-electron chi connectivity index (χ4n) is 3.46. The van der Waals surface area contributed by atoms with Gasteiger partial charge in [-0.2, -0.15) is 0 Å². The number of aryl methyl sites for hydroxylation is 1. The van der Waals surface area contributed by atoms with Gasteiger partial charge in [0, 0.05) is 19.5 Å². The molecular weight excluding hydrogens is 379 g/mol. The number of rotatable bonds is 7. The Kier molecular flexibility index (Phi) is 7.57. The molecule has 1 aliphatic heterocycles. The zero-order valence-electron chi connectivity index (χ0n) is 15.5. The molecule has 1 saturated heterocycles. The topological polar surface area (TPSA) is 32.3 Å². The third-order valence-electron chi connectivity index (χ3n) is 4.96. The lowest BCUT2D eigenvalue weighted by atomic mass is 10.1. The highest BCUT2D eigenvalue weighted by Crippen LogP contribution is 2.23. The zero-order chi connectivity index (χ0) is 19.1. The summed E-state index contributed by atoms with van der Waals surface area (Å²) in [5, 5.41) is 4.08. The summed E-state index contributed by atoms with van der Waals surface area (Å²) >= 11 is 11.9. The molecule has 0 aromatic heterocycles. The summed E-state index contributed by atoms with van der Waals surface area (Å²) in [6, 6.07) is 14.0. The van der Waals surface area contributed by atoms with Crippen LogP contribution in [0.15, 0.2) is 42.5 Å². The molecule has 1 N–H and O–H groups in total. The summed E-state index contributed by atoms with van der Waals surface area (Å²) in [5.41, 5.74) is 3.48. The number of carbonyl (C=O) groups excluding carboxylic acids is 1. The van der Waals surface area contributed by atoms with E-state index >= 15 is 0 Å². The predicted octanol–water partition coefficient (Wildman–Crippen LogP) is 5.23. The van der Waals surface area contributed by atoms with Crippen LogP contribution in [0.2, 0.25) is 10.0 Å². The second kappa shape index (κ2) is 10.1. The maximum Gasteiger partial charge on any atom is 0.220 e. The lowest BCUT2D eigenvalue weighted by Crippen LogP contribution is -2.29. The third kappa shape index (κ3) is 6.53. The van der Waals surface area contributed by atoms with Gasteiger partial charge in [-0.25, -0.2) is 0 Å². The first kappa shape index (κ1) is 20.2. The van der Waals surface area contributed by atoms with E-state index in [9.17, 15) is 4.79 Å². The minimum Gasteiger partial charge on any atom is -0.352 e. The van der Waals surface area contributed by atoms with Gasteiger partial charge in [0.25, 0.3) is 0 Å². The van der Waals surface area contributed by atoms with Crippen LogP contribution in [-0.2, 0) is 24.3 Å². The Bertz CT molecular complexity index is 773. The standard InChI is InChI=1S/C22H26Cl2N2O/c23-20-9-7-17(14-21(20)24)8-10-22(27)25-15-18-5-4-6-19(13-18)16-26-11-2-1-3-12-26/h4-7,9,13-14H,1-3,8,10-12,15-16H2,(H,25,27). The number of likely N-dealkylation sites (tertiary alicyclic amines) is 1. The molecule has 5 heteroatoms. The molecule has 3 rings (SSSR count). The van der Waals surface area contributed by atoms with Crippen molar-refractivity contribution < 1.29 is 4.79 Å². The van der Waals surface area contributed by atoms with E-state index in [0.717, 1.165) is 17.7 Å². The van der Waals surface area contributed by atoms with Gasteiger partial charge in [0.2, 0.25) is 5.91 Å². The Morgan fingerprint density at radius 3 is 2.48 bits per heavy atom. The van der Waals surface area contributed by atoms with Crippen molar-refractivity contribution in [1.82, 2.24) is 10.2 Å². The lowest BCUT2D eigenvalue weighted by Gasteiger charge is -2.26. The molecule has 0 aliphatic carbocycles. The highest BCUT2D eigenvalue weighted by atomic mass is 35.5. The van der Waals surface area contributed by atoms with Crippen LogP contribution in [-0.4, -0.2) is 23.9 Å². The molecular formula is C22H26Cl2N2O. The number of hydrogen-bond donors (Lipinski definition) is 1. The molecule has 3 nitrogen and oxygen atoms in total. The first-order valence-electron chi connectivity index (χ1n) is 9.61. The minimum atomic E-state index is 0.0440. The molecule has 0 atom stereocenters. The number of piperidine rings is 1. The van der Waals surface area contributed by atoms with E-state index in [1.165, 1.54) is 37.9 Å². The zero-order valence-corrected chi connectivity index (χ0v) is 17.0. The van der Waals surface area contributed by atoms with E-state index in [1.54, 1.807) is 6.07 Å². The smallest absolute Gasteiger partial charge is 0.220 e. The number of nitrogens with zero attached hydrogens (tertiary/aromatic N) is 1. The monoisotopic (exact) mass is 404 g/mol. The van der Waals surface area contributed by atoms with Crippen LogP contribution in [0, 0.1) is 0 Å². The average molecular weight is 405 g/mol. The van der Waals surface area contributed by atoms with Crippen molar-refractivity contribution in [2.45, 2.75) is 45.2 Å². The summed E-state index contributed by atoms with van der Waals surface area (Å²) in [7, 11) is 0. The maximum absolute atomic E-state index is 12.2. The van der Waals surface area contributed by atoms with Gasteiger partial charge in [0.15, 0.2) is 0 Å². The van der Waals surface area contributed by atoms with Gasteiger partial charge in [-0.3, -0.25) is 9.69 Å². The molecule has 2 aromatic carbocycles. The summed E-state index contributed by atoms with van der Waals surface area (Å²) in [6.07, 6.45) is 5.04. The fourth-order valence-corrected chi connectivity index (χ4v) is 3.78. The van der Waals surface area contributed by atoms with Crippen LogP contribution in [0.4, 0.5) is 0 Å². The average Bonchev–Trinajstić information content (AvgIpc) is 2.68. The van der Waals surface area contributed by atoms with Gasteiger partial charge >= 0.3 is 0 Å². The van der Waals surface area contributed by atoms with E-state index in [-0.39, 0.29) is 5.91 Å². The van der Waals surface area contributed by atoms with Crippen LogP contribution in [0.1, 0.15) is 42.4 Å². The van der Waals surface area contributed by atoms with E-state index in [0.29, 0.717) is 29.4 Å². The van der Waals surface area contributed by atoms with Crippen LogP contribution in [0.5, 0.6) is 0 Å². The van der Waals surface area contributed by atoms with Crippen molar-refractivity contribution in [3.05, 3.63) is 69.2 Å². The fraction of sp³-hybridized carbons (Fsp3) is 0.409. The number of nitrogens with one attached hydrogen (secondary N) is 1. The quantitative estimate of drug-likeness (QED) is 0.684. The van der Waals surface area contributed by atoms with Crippen molar-refractivity contribution >= 4 is 29.1 Å². The first-order valence-corrected chi connectivity index (χ1v) is 10.4. The van der Waals surface area contributed by atoms with Crippen molar-refractivity contribution in [3.8, 4) is 0 Å². The van der Waals surface area contributed by atoms with Crippen molar-refractivity contribution in [3.63, 3.8) is 0 Å². The molecule has 0 bridgehead atoms. The Morgan fingerprint density at radius 2 is 1.70 bits per heavy atom. The normalized spacial score (nSPS) is 14.9. The summed E-state index contributed by atoms with van der Waals surface area (Å²) in [4.78, 5) is 14.7. The van der Waals surface area contributed by atoms with Crippen LogP contribution in [0.3, 0.4) is 0 Å². The van der Waals surface area contributed by atoms with Crippen LogP contribution >= 0.6 is 23.2 Å². The Labute approximate surface area is 171 Å². The molecule has 2 aromatic rings. The van der Waals surface area contributed by atoms with Gasteiger partial charge in [0.05, 0.1) is 10.0 Å². The van der Waals surface area contributed by atoms with Crippen molar-refractivity contribution in [1.29, 1.82) is 0 Å². The number of benzene rings is 2. The second-order valence-electron chi connectivity index (χ2n) is 7.18. The Morgan fingerprint density at radius 1 is 0.926 bits per heavy atom. The SMILES string of the molecule is O=C(CCc1ccc(Cl)c(Cl)c1)NCc1cccc(CN2CCCCC2)c1. The first-order chi connectivity index (χ1) is 13.1. The molecule has 0 radical (unpaired) electrons. The molecule has 0 spiro atoms. The minimum absolute atomic E-state index is 0.0440. The predicted molar refractivity (Wildman–Crippen MR) is 112 cm³/mol. The van der Waals surface area contributed by atoms with Gasteiger partial charge in [-0.15, -0.1) is 0 Å². The maximum atomic E-state index is 12.2. The van der Waals surface area contributed by atoms with E-state index < -0.39 is 0 Å². The van der Waals surface area contributed by atoms with Crippen LogP contribution in [0.25, 0.3) is 0 Å². The lowest BCUT2D eigenvalue weighted by molar-refractivity contribution is -0.121. The molecule has 1 fully saturated rings. The van der Waals surface area contributed by atoms with E-state index in [4.69, 9.17) is 23.2 Å². The van der Waals surface area contributed by atoms with E-state index in [2.05, 4.69) is 34.5 Å². The molecule has 27 heavy (non-hydrogen) atoms. The van der Waals surface area contributed by atoms with Gasteiger partial charge in [0.1, 0.15) is 0 Å². The Hall–Kier alpha value is -1.55. The third-order valence-corrected chi connectivity index (χ3v) is 5.70. The molecule has 144 valence electrons. The van der Waals surface area contributed by atoms with Gasteiger partial charge < -0.3 is 5.32 Å². The second-order valence-corrected chi connectivity index (χ2v) is 8.00. The number of carbonyl (C=O) groups is 1. The van der Waals surface area contributed by atoms with Crippen LogP contribution < -0.4 is 5.32 Å². The number of hydrogen-bond acceptors (Lipinski definition) is 2. The largest absolute Gasteiger partial charge is 0.352 e. The van der Waals surface area contributed by atoms with Gasteiger partial charge in [-0.05, 0) is 61.2 Å². The highest BCUT2D eigenvalue weighted by Gasteiger charge is 2.11. The van der Waals surface area contributed by atoms with E-state index in [1.807, 2.05) is 12.1 Å². The number of amides is 1. The molecule has 1 heterocycles. The molecule has 1 aliphatic rings. The highest BCUT2D eigenvalue weighted by molar-refractivity contribution is 6.42. The number of halogens is 2. The summed E-state index contributed by atoms with van der Waals surface area (Å²) < 4.78 is 0. The molecule has 0 saturated carbocycles. The Balaban J connectivity index is 1.45. The summed E-state index contributed by atoms with van der Waals surface area (Å²) in [5.74, 6) is 0.0440.